The summed E-state index contributed by atoms with van der Waals surface area (Å²) in [5.74, 6) is 1.07. The fourth-order valence-corrected chi connectivity index (χ4v) is 1.29. The summed E-state index contributed by atoms with van der Waals surface area (Å²) in [6.07, 6.45) is 1.03. The number of hydrogen-bond donors (Lipinski definition) is 1. The van der Waals surface area contributed by atoms with E-state index in [1.807, 2.05) is 25.1 Å². The third kappa shape index (κ3) is 2.08. The third-order valence-corrected chi connectivity index (χ3v) is 2.00. The van der Waals surface area contributed by atoms with Crippen LogP contribution < -0.4 is 4.90 Å². The van der Waals surface area contributed by atoms with Crippen molar-refractivity contribution in [2.45, 2.75) is 13.3 Å². The molecule has 12 heavy (non-hydrogen) atoms. The molecule has 0 spiro atoms. The van der Waals surface area contributed by atoms with Crippen molar-refractivity contribution in [2.75, 3.05) is 19.0 Å². The van der Waals surface area contributed by atoms with Crippen LogP contribution in [-0.4, -0.2) is 19.1 Å². The van der Waals surface area contributed by atoms with Crippen LogP contribution >= 0.6 is 12.2 Å². The molecule has 1 aromatic rings. The van der Waals surface area contributed by atoms with Gasteiger partial charge in [0.2, 0.25) is 0 Å². The van der Waals surface area contributed by atoms with Crippen molar-refractivity contribution < 1.29 is 0 Å². The highest BCUT2D eigenvalue weighted by Crippen LogP contribution is 2.10. The number of aromatic amines is 1. The first kappa shape index (κ1) is 9.26. The van der Waals surface area contributed by atoms with Gasteiger partial charge in [0.25, 0.3) is 0 Å². The second kappa shape index (κ2) is 3.72. The predicted molar refractivity (Wildman–Crippen MR) is 55.3 cm³/mol. The highest BCUT2D eigenvalue weighted by Gasteiger charge is 1.96. The number of aromatic nitrogens is 1. The Morgan fingerprint density at radius 3 is 2.58 bits per heavy atom. The lowest BCUT2D eigenvalue weighted by atomic mass is 10.2. The quantitative estimate of drug-likeness (QED) is 0.708. The zero-order valence-electron chi connectivity index (χ0n) is 7.72. The van der Waals surface area contributed by atoms with Crippen LogP contribution in [0.2, 0.25) is 0 Å². The number of pyridine rings is 1. The molecule has 0 aromatic carbocycles. The Morgan fingerprint density at radius 1 is 1.42 bits per heavy atom. The standard InChI is InChI=1S/C9H14N2S/c1-4-7-5-8(11(2)3)10-9(12)6-7/h5-6H,4H2,1-3H3,(H,10,12). The number of anilines is 1. The molecular formula is C9H14N2S. The van der Waals surface area contributed by atoms with Crippen LogP contribution in [0, 0.1) is 4.64 Å². The summed E-state index contributed by atoms with van der Waals surface area (Å²) >= 11 is 5.09. The molecule has 0 fully saturated rings. The van der Waals surface area contributed by atoms with E-state index in [2.05, 4.69) is 18.0 Å². The molecule has 3 heteroatoms. The van der Waals surface area contributed by atoms with Crippen molar-refractivity contribution in [1.29, 1.82) is 0 Å². The van der Waals surface area contributed by atoms with Gasteiger partial charge in [-0.3, -0.25) is 0 Å². The summed E-state index contributed by atoms with van der Waals surface area (Å²) in [7, 11) is 4.00. The van der Waals surface area contributed by atoms with E-state index in [-0.39, 0.29) is 0 Å². The zero-order chi connectivity index (χ0) is 9.14. The molecule has 0 saturated carbocycles. The van der Waals surface area contributed by atoms with E-state index in [1.54, 1.807) is 0 Å². The van der Waals surface area contributed by atoms with E-state index in [4.69, 9.17) is 12.2 Å². The van der Waals surface area contributed by atoms with E-state index in [9.17, 15) is 0 Å². The average molecular weight is 182 g/mol. The largest absolute Gasteiger partial charge is 0.364 e. The Morgan fingerprint density at radius 2 is 2.08 bits per heavy atom. The fourth-order valence-electron chi connectivity index (χ4n) is 1.03. The minimum absolute atomic E-state index is 0.804. The van der Waals surface area contributed by atoms with E-state index >= 15 is 0 Å². The Kier molecular flexibility index (Phi) is 2.87. The molecule has 66 valence electrons. The summed E-state index contributed by atoms with van der Waals surface area (Å²) < 4.78 is 0.804. The minimum atomic E-state index is 0.804. The summed E-state index contributed by atoms with van der Waals surface area (Å²) in [5.41, 5.74) is 1.28. The monoisotopic (exact) mass is 182 g/mol. The summed E-state index contributed by atoms with van der Waals surface area (Å²) in [5, 5.41) is 0. The second-order valence-corrected chi connectivity index (χ2v) is 3.43. The fraction of sp³-hybridized carbons (Fsp3) is 0.444. The van der Waals surface area contributed by atoms with Crippen LogP contribution in [-0.2, 0) is 6.42 Å². The summed E-state index contributed by atoms with van der Waals surface area (Å²) in [6, 6.07) is 4.12. The first-order valence-electron chi connectivity index (χ1n) is 4.04. The maximum absolute atomic E-state index is 5.09. The maximum Gasteiger partial charge on any atom is 0.106 e. The van der Waals surface area contributed by atoms with Gasteiger partial charge in [-0.15, -0.1) is 0 Å². The van der Waals surface area contributed by atoms with Crippen molar-refractivity contribution in [3.8, 4) is 0 Å². The topological polar surface area (TPSA) is 19.0 Å². The van der Waals surface area contributed by atoms with Gasteiger partial charge in [-0.1, -0.05) is 19.1 Å². The Balaban J connectivity index is 3.15. The highest BCUT2D eigenvalue weighted by atomic mass is 32.1. The van der Waals surface area contributed by atoms with Crippen molar-refractivity contribution in [3.05, 3.63) is 22.3 Å². The van der Waals surface area contributed by atoms with Crippen LogP contribution in [0.1, 0.15) is 12.5 Å². The molecule has 1 N–H and O–H groups in total. The van der Waals surface area contributed by atoms with Crippen molar-refractivity contribution in [3.63, 3.8) is 0 Å². The van der Waals surface area contributed by atoms with Gasteiger partial charge in [0.05, 0.1) is 0 Å². The molecule has 0 amide bonds. The number of rotatable bonds is 2. The second-order valence-electron chi connectivity index (χ2n) is 2.99. The lowest BCUT2D eigenvalue weighted by molar-refractivity contribution is 1.03. The lowest BCUT2D eigenvalue weighted by Crippen LogP contribution is -2.10. The van der Waals surface area contributed by atoms with Gasteiger partial charge >= 0.3 is 0 Å². The number of nitrogens with one attached hydrogen (secondary N) is 1. The molecule has 1 rings (SSSR count). The first-order chi connectivity index (χ1) is 5.63. The van der Waals surface area contributed by atoms with E-state index in [0.717, 1.165) is 16.9 Å². The third-order valence-electron chi connectivity index (χ3n) is 1.78. The highest BCUT2D eigenvalue weighted by molar-refractivity contribution is 7.71. The molecule has 0 aliphatic heterocycles. The van der Waals surface area contributed by atoms with Crippen molar-refractivity contribution >= 4 is 18.0 Å². The number of aryl methyl sites for hydroxylation is 1. The average Bonchev–Trinajstić information content (AvgIpc) is 2.03. The Bertz CT molecular complexity index is 315. The van der Waals surface area contributed by atoms with Crippen LogP contribution in [0.25, 0.3) is 0 Å². The van der Waals surface area contributed by atoms with Gasteiger partial charge in [0, 0.05) is 14.1 Å². The van der Waals surface area contributed by atoms with E-state index < -0.39 is 0 Å². The van der Waals surface area contributed by atoms with Gasteiger partial charge in [0.1, 0.15) is 10.5 Å². The molecular weight excluding hydrogens is 168 g/mol. The molecule has 0 radical (unpaired) electrons. The van der Waals surface area contributed by atoms with Crippen LogP contribution in [0.4, 0.5) is 5.82 Å². The Hall–Kier alpha value is -0.830. The molecule has 0 unspecified atom stereocenters. The van der Waals surface area contributed by atoms with Gasteiger partial charge in [0.15, 0.2) is 0 Å². The van der Waals surface area contributed by atoms with Crippen molar-refractivity contribution in [2.24, 2.45) is 0 Å². The molecule has 0 aliphatic carbocycles. The normalized spacial score (nSPS) is 9.92. The van der Waals surface area contributed by atoms with Gasteiger partial charge in [-0.05, 0) is 24.1 Å². The van der Waals surface area contributed by atoms with Crippen LogP contribution in [0.5, 0.6) is 0 Å². The van der Waals surface area contributed by atoms with Crippen LogP contribution in [0.15, 0.2) is 12.1 Å². The lowest BCUT2D eigenvalue weighted by Gasteiger charge is -2.12. The Labute approximate surface area is 78.2 Å². The number of nitrogens with zero attached hydrogens (tertiary/aromatic N) is 1. The SMILES string of the molecule is CCc1cc(N(C)C)[nH]c(=S)c1. The predicted octanol–water partition coefficient (Wildman–Crippen LogP) is 2.37. The smallest absolute Gasteiger partial charge is 0.106 e. The number of H-pyrrole nitrogens is 1. The van der Waals surface area contributed by atoms with Crippen LogP contribution in [0.3, 0.4) is 0 Å². The molecule has 0 saturated heterocycles. The number of hydrogen-bond acceptors (Lipinski definition) is 2. The zero-order valence-corrected chi connectivity index (χ0v) is 8.53. The molecule has 0 atom stereocenters. The van der Waals surface area contributed by atoms with E-state index in [0.29, 0.717) is 0 Å². The first-order valence-corrected chi connectivity index (χ1v) is 4.45. The molecule has 2 nitrogen and oxygen atoms in total. The molecule has 0 bridgehead atoms. The summed E-state index contributed by atoms with van der Waals surface area (Å²) in [4.78, 5) is 5.14. The van der Waals surface area contributed by atoms with E-state index in [1.165, 1.54) is 5.56 Å². The summed E-state index contributed by atoms with van der Waals surface area (Å²) in [6.45, 7) is 2.13. The van der Waals surface area contributed by atoms with Gasteiger partial charge in [-0.2, -0.15) is 0 Å². The molecule has 1 heterocycles. The maximum atomic E-state index is 5.09. The van der Waals surface area contributed by atoms with Gasteiger partial charge in [-0.25, -0.2) is 0 Å². The molecule has 0 aliphatic rings. The van der Waals surface area contributed by atoms with Gasteiger partial charge < -0.3 is 9.88 Å². The minimum Gasteiger partial charge on any atom is -0.364 e. The molecule has 1 aromatic heterocycles. The van der Waals surface area contributed by atoms with Crippen molar-refractivity contribution in [1.82, 2.24) is 4.98 Å².